The lowest BCUT2D eigenvalue weighted by atomic mass is 10.1. The molecule has 0 aromatic carbocycles. The van der Waals surface area contributed by atoms with Crippen molar-refractivity contribution in [2.45, 2.75) is 19.4 Å². The van der Waals surface area contributed by atoms with Gasteiger partial charge in [0.15, 0.2) is 5.54 Å². The number of esters is 1. The van der Waals surface area contributed by atoms with E-state index in [1.165, 1.54) is 0 Å². The molecule has 1 rings (SSSR count). The Kier molecular flexibility index (Phi) is 1.92. The molecular formula is C6H10N2O3. The standard InChI is InChI=1S/C6H10N2O3/c1-6(2)5(9)11-4(8-6)3-10-7/h3,7H2,1-2H3. The molecule has 11 heavy (non-hydrogen) atoms. The minimum atomic E-state index is -0.784. The number of cyclic esters (lactones) is 1. The molecule has 0 aliphatic carbocycles. The van der Waals surface area contributed by atoms with Gasteiger partial charge in [0.2, 0.25) is 5.90 Å². The number of ether oxygens (including phenoxy) is 1. The second-order valence-corrected chi connectivity index (χ2v) is 2.77. The van der Waals surface area contributed by atoms with Crippen LogP contribution in [0.25, 0.3) is 0 Å². The van der Waals surface area contributed by atoms with Crippen LogP contribution in [0.15, 0.2) is 4.99 Å². The van der Waals surface area contributed by atoms with Gasteiger partial charge in [-0.15, -0.1) is 0 Å². The smallest absolute Gasteiger partial charge is 0.340 e. The Hall–Kier alpha value is -0.940. The SMILES string of the molecule is CC1(C)N=C(CON)OC1=O. The highest BCUT2D eigenvalue weighted by Crippen LogP contribution is 2.18. The third-order valence-corrected chi connectivity index (χ3v) is 1.32. The zero-order chi connectivity index (χ0) is 8.48. The molecule has 5 nitrogen and oxygen atoms in total. The molecule has 0 aromatic heterocycles. The quantitative estimate of drug-likeness (QED) is 0.438. The van der Waals surface area contributed by atoms with Gasteiger partial charge in [-0.1, -0.05) is 0 Å². The molecular weight excluding hydrogens is 148 g/mol. The highest BCUT2D eigenvalue weighted by molar-refractivity contribution is 5.99. The largest absolute Gasteiger partial charge is 0.407 e. The van der Waals surface area contributed by atoms with E-state index in [1.54, 1.807) is 13.8 Å². The molecule has 5 heteroatoms. The summed E-state index contributed by atoms with van der Waals surface area (Å²) < 4.78 is 4.72. The fourth-order valence-corrected chi connectivity index (χ4v) is 0.745. The molecule has 0 amide bonds. The van der Waals surface area contributed by atoms with Gasteiger partial charge in [0, 0.05) is 0 Å². The van der Waals surface area contributed by atoms with E-state index in [0.29, 0.717) is 0 Å². The van der Waals surface area contributed by atoms with E-state index < -0.39 is 5.54 Å². The zero-order valence-corrected chi connectivity index (χ0v) is 6.46. The fraction of sp³-hybridized carbons (Fsp3) is 0.667. The maximum Gasteiger partial charge on any atom is 0.340 e. The van der Waals surface area contributed by atoms with E-state index in [1.807, 2.05) is 0 Å². The van der Waals surface area contributed by atoms with Gasteiger partial charge in [0.05, 0.1) is 0 Å². The number of nitrogens with zero attached hydrogens (tertiary/aromatic N) is 1. The summed E-state index contributed by atoms with van der Waals surface area (Å²) in [5, 5.41) is 0. The Morgan fingerprint density at radius 1 is 1.73 bits per heavy atom. The molecule has 1 aliphatic heterocycles. The monoisotopic (exact) mass is 158 g/mol. The van der Waals surface area contributed by atoms with Gasteiger partial charge in [-0.3, -0.25) is 4.84 Å². The van der Waals surface area contributed by atoms with Gasteiger partial charge >= 0.3 is 5.97 Å². The van der Waals surface area contributed by atoms with Crippen molar-refractivity contribution in [2.75, 3.05) is 6.61 Å². The third kappa shape index (κ3) is 1.55. The summed E-state index contributed by atoms with van der Waals surface area (Å²) in [5.41, 5.74) is -0.784. The first-order chi connectivity index (χ1) is 5.06. The lowest BCUT2D eigenvalue weighted by Crippen LogP contribution is -2.25. The Morgan fingerprint density at radius 3 is 2.73 bits per heavy atom. The number of nitrogens with two attached hydrogens (primary N) is 1. The van der Waals surface area contributed by atoms with Gasteiger partial charge in [0.25, 0.3) is 0 Å². The van der Waals surface area contributed by atoms with Crippen LogP contribution < -0.4 is 5.90 Å². The lowest BCUT2D eigenvalue weighted by Gasteiger charge is -2.05. The lowest BCUT2D eigenvalue weighted by molar-refractivity contribution is -0.138. The van der Waals surface area contributed by atoms with Crippen molar-refractivity contribution in [3.63, 3.8) is 0 Å². The van der Waals surface area contributed by atoms with Crippen LogP contribution in [0.4, 0.5) is 0 Å². The van der Waals surface area contributed by atoms with Crippen molar-refractivity contribution in [2.24, 2.45) is 10.9 Å². The average Bonchev–Trinajstić information content (AvgIpc) is 2.08. The highest BCUT2D eigenvalue weighted by Gasteiger charge is 2.36. The van der Waals surface area contributed by atoms with E-state index in [9.17, 15) is 4.79 Å². The van der Waals surface area contributed by atoms with E-state index in [4.69, 9.17) is 10.6 Å². The molecule has 0 atom stereocenters. The Morgan fingerprint density at radius 2 is 2.36 bits per heavy atom. The van der Waals surface area contributed by atoms with Crippen LogP contribution >= 0.6 is 0 Å². The number of aliphatic imine (C=N–C) groups is 1. The van der Waals surface area contributed by atoms with Gasteiger partial charge in [-0.2, -0.15) is 0 Å². The summed E-state index contributed by atoms with van der Waals surface area (Å²) in [5.74, 6) is 4.64. The van der Waals surface area contributed by atoms with Crippen molar-refractivity contribution in [1.29, 1.82) is 0 Å². The van der Waals surface area contributed by atoms with Crippen LogP contribution in [0, 0.1) is 0 Å². The average molecular weight is 158 g/mol. The van der Waals surface area contributed by atoms with Crippen LogP contribution in [0.1, 0.15) is 13.8 Å². The minimum absolute atomic E-state index is 0.0369. The van der Waals surface area contributed by atoms with Crippen LogP contribution in [-0.2, 0) is 14.4 Å². The summed E-state index contributed by atoms with van der Waals surface area (Å²) >= 11 is 0. The van der Waals surface area contributed by atoms with Crippen molar-refractivity contribution in [3.8, 4) is 0 Å². The number of hydrogen-bond donors (Lipinski definition) is 1. The summed E-state index contributed by atoms with van der Waals surface area (Å²) in [6, 6.07) is 0. The molecule has 0 saturated heterocycles. The highest BCUT2D eigenvalue weighted by atomic mass is 16.6. The van der Waals surface area contributed by atoms with Gasteiger partial charge in [-0.25, -0.2) is 15.7 Å². The summed E-state index contributed by atoms with van der Waals surface area (Å²) in [7, 11) is 0. The Balaban J connectivity index is 2.68. The fourth-order valence-electron chi connectivity index (χ4n) is 0.745. The van der Waals surface area contributed by atoms with Gasteiger partial charge < -0.3 is 4.74 Å². The predicted octanol–water partition coefficient (Wildman–Crippen LogP) is -0.389. The Bertz CT molecular complexity index is 210. The minimum Gasteiger partial charge on any atom is -0.407 e. The number of hydrogen-bond acceptors (Lipinski definition) is 5. The zero-order valence-electron chi connectivity index (χ0n) is 6.46. The molecule has 1 heterocycles. The molecule has 0 aromatic rings. The summed E-state index contributed by atoms with van der Waals surface area (Å²) in [6.07, 6.45) is 0. The molecule has 0 fully saturated rings. The van der Waals surface area contributed by atoms with E-state index >= 15 is 0 Å². The topological polar surface area (TPSA) is 73.9 Å². The maximum atomic E-state index is 10.9. The first-order valence-corrected chi connectivity index (χ1v) is 3.19. The van der Waals surface area contributed by atoms with E-state index in [0.717, 1.165) is 0 Å². The summed E-state index contributed by atoms with van der Waals surface area (Å²) in [6.45, 7) is 3.37. The summed E-state index contributed by atoms with van der Waals surface area (Å²) in [4.78, 5) is 19.1. The van der Waals surface area contributed by atoms with E-state index in [2.05, 4.69) is 9.83 Å². The van der Waals surface area contributed by atoms with E-state index in [-0.39, 0.29) is 18.5 Å². The molecule has 0 unspecified atom stereocenters. The van der Waals surface area contributed by atoms with Crippen LogP contribution in [0.5, 0.6) is 0 Å². The molecule has 0 spiro atoms. The van der Waals surface area contributed by atoms with Crippen LogP contribution in [-0.4, -0.2) is 24.0 Å². The number of carbonyl (C=O) groups excluding carboxylic acids is 1. The second-order valence-electron chi connectivity index (χ2n) is 2.77. The van der Waals surface area contributed by atoms with Crippen molar-refractivity contribution in [1.82, 2.24) is 0 Å². The molecule has 0 saturated carbocycles. The van der Waals surface area contributed by atoms with Crippen molar-refractivity contribution >= 4 is 11.9 Å². The van der Waals surface area contributed by atoms with Crippen LogP contribution in [0.3, 0.4) is 0 Å². The first-order valence-electron chi connectivity index (χ1n) is 3.19. The molecule has 0 bridgehead atoms. The van der Waals surface area contributed by atoms with Crippen molar-refractivity contribution < 1.29 is 14.4 Å². The van der Waals surface area contributed by atoms with Gasteiger partial charge in [-0.05, 0) is 13.8 Å². The third-order valence-electron chi connectivity index (χ3n) is 1.32. The molecule has 1 aliphatic rings. The molecule has 62 valence electrons. The van der Waals surface area contributed by atoms with Crippen molar-refractivity contribution in [3.05, 3.63) is 0 Å². The van der Waals surface area contributed by atoms with Crippen LogP contribution in [0.2, 0.25) is 0 Å². The van der Waals surface area contributed by atoms with Gasteiger partial charge in [0.1, 0.15) is 6.61 Å². The predicted molar refractivity (Wildman–Crippen MR) is 37.7 cm³/mol. The molecule has 0 radical (unpaired) electrons. The number of carbonyl (C=O) groups is 1. The normalized spacial score (nSPS) is 21.4. The first kappa shape index (κ1) is 8.16. The maximum absolute atomic E-state index is 10.9. The second kappa shape index (κ2) is 2.60. The Labute approximate surface area is 64.1 Å². The molecule has 2 N–H and O–H groups in total. The number of rotatable bonds is 2.